The molecule has 0 saturated heterocycles. The molecule has 4 rings (SSSR count). The van der Waals surface area contributed by atoms with Crippen molar-refractivity contribution in [3.8, 4) is 17.0 Å². The molecule has 4 aromatic rings. The number of carboxylic acids is 1. The summed E-state index contributed by atoms with van der Waals surface area (Å²) in [5.74, 6) is -0.956. The highest BCUT2D eigenvalue weighted by atomic mass is 35.5. The fraction of sp³-hybridized carbons (Fsp3) is 0.0800. The molecule has 0 bridgehead atoms. The average molecular weight is 510 g/mol. The van der Waals surface area contributed by atoms with Gasteiger partial charge >= 0.3 is 5.97 Å². The number of aromatic nitrogens is 2. The number of hydrogen-bond acceptors (Lipinski definition) is 6. The topological polar surface area (TPSA) is 118 Å². The molecule has 178 valence electrons. The zero-order valence-electron chi connectivity index (χ0n) is 18.5. The van der Waals surface area contributed by atoms with E-state index in [1.165, 1.54) is 24.3 Å². The van der Waals surface area contributed by atoms with Gasteiger partial charge in [0.1, 0.15) is 17.5 Å². The summed E-state index contributed by atoms with van der Waals surface area (Å²) in [5, 5.41) is 9.18. The van der Waals surface area contributed by atoms with Crippen LogP contribution in [0, 0.1) is 6.92 Å². The van der Waals surface area contributed by atoms with E-state index in [9.17, 15) is 13.2 Å². The molecule has 0 unspecified atom stereocenters. The summed E-state index contributed by atoms with van der Waals surface area (Å²) in [6, 6.07) is 21.7. The molecule has 0 aliphatic heterocycles. The highest BCUT2D eigenvalue weighted by Crippen LogP contribution is 2.34. The van der Waals surface area contributed by atoms with Crippen LogP contribution in [-0.2, 0) is 16.6 Å². The Morgan fingerprint density at radius 1 is 1.00 bits per heavy atom. The van der Waals surface area contributed by atoms with Crippen molar-refractivity contribution in [3.63, 3.8) is 0 Å². The first-order chi connectivity index (χ1) is 16.7. The fourth-order valence-corrected chi connectivity index (χ4v) is 4.56. The molecule has 0 radical (unpaired) electrons. The number of halogens is 1. The predicted octanol–water partition coefficient (Wildman–Crippen LogP) is 5.18. The molecule has 8 nitrogen and oxygen atoms in total. The molecule has 0 atom stereocenters. The lowest BCUT2D eigenvalue weighted by atomic mass is 10.0. The minimum absolute atomic E-state index is 0.0178. The van der Waals surface area contributed by atoms with E-state index in [2.05, 4.69) is 14.7 Å². The predicted molar refractivity (Wildman–Crippen MR) is 132 cm³/mol. The van der Waals surface area contributed by atoms with Crippen LogP contribution in [0.25, 0.3) is 11.3 Å². The van der Waals surface area contributed by atoms with Crippen LogP contribution >= 0.6 is 11.6 Å². The Labute approximate surface area is 207 Å². The molecule has 2 N–H and O–H groups in total. The van der Waals surface area contributed by atoms with Gasteiger partial charge in [0.2, 0.25) is 5.95 Å². The van der Waals surface area contributed by atoms with Gasteiger partial charge in [0.25, 0.3) is 10.0 Å². The molecular weight excluding hydrogens is 490 g/mol. The molecule has 1 heterocycles. The quantitative estimate of drug-likeness (QED) is 0.314. The van der Waals surface area contributed by atoms with E-state index in [0.29, 0.717) is 23.6 Å². The monoisotopic (exact) mass is 509 g/mol. The van der Waals surface area contributed by atoms with E-state index in [4.69, 9.17) is 21.4 Å². The molecule has 3 aromatic carbocycles. The van der Waals surface area contributed by atoms with Crippen molar-refractivity contribution in [3.05, 3.63) is 101 Å². The second kappa shape index (κ2) is 10.1. The van der Waals surface area contributed by atoms with Gasteiger partial charge in [0.05, 0.1) is 16.2 Å². The van der Waals surface area contributed by atoms with Crippen molar-refractivity contribution >= 4 is 33.5 Å². The largest absolute Gasteiger partial charge is 0.488 e. The summed E-state index contributed by atoms with van der Waals surface area (Å²) in [6.07, 6.45) is 0. The molecule has 0 aliphatic carbocycles. The van der Waals surface area contributed by atoms with Crippen LogP contribution in [-0.4, -0.2) is 29.5 Å². The van der Waals surface area contributed by atoms with Gasteiger partial charge in [0.15, 0.2) is 0 Å². The average Bonchev–Trinajstić information content (AvgIpc) is 2.83. The Morgan fingerprint density at radius 2 is 1.74 bits per heavy atom. The second-order valence-corrected chi connectivity index (χ2v) is 9.63. The number of benzene rings is 3. The number of carbonyl (C=O) groups is 1. The number of nitrogens with zero attached hydrogens (tertiary/aromatic N) is 2. The zero-order chi connectivity index (χ0) is 25.0. The number of anilines is 1. The number of nitrogens with one attached hydrogen (secondary N) is 1. The summed E-state index contributed by atoms with van der Waals surface area (Å²) in [6.45, 7) is 2.21. The maximum absolute atomic E-state index is 12.9. The molecule has 1 aromatic heterocycles. The highest BCUT2D eigenvalue weighted by molar-refractivity contribution is 7.92. The van der Waals surface area contributed by atoms with Gasteiger partial charge in [-0.2, -0.15) is 0 Å². The summed E-state index contributed by atoms with van der Waals surface area (Å²) in [4.78, 5) is 19.3. The maximum Gasteiger partial charge on any atom is 0.335 e. The second-order valence-electron chi connectivity index (χ2n) is 7.56. The van der Waals surface area contributed by atoms with Crippen LogP contribution in [0.4, 0.5) is 5.95 Å². The third-order valence-electron chi connectivity index (χ3n) is 5.04. The van der Waals surface area contributed by atoms with E-state index in [0.717, 1.165) is 17.2 Å². The Bertz CT molecular complexity index is 1490. The molecule has 0 spiro atoms. The first-order valence-electron chi connectivity index (χ1n) is 10.4. The number of ether oxygens (including phenoxy) is 1. The summed E-state index contributed by atoms with van der Waals surface area (Å²) < 4.78 is 34.1. The number of hydrogen-bond donors (Lipinski definition) is 2. The van der Waals surface area contributed by atoms with Crippen LogP contribution < -0.4 is 9.46 Å². The van der Waals surface area contributed by atoms with Gasteiger partial charge in [-0.3, -0.25) is 0 Å². The molecule has 0 saturated carbocycles. The zero-order valence-corrected chi connectivity index (χ0v) is 20.0. The van der Waals surface area contributed by atoms with Crippen LogP contribution in [0.3, 0.4) is 0 Å². The highest BCUT2D eigenvalue weighted by Gasteiger charge is 2.20. The SMILES string of the molecule is Cc1cccc(OCc2ccccc2)c1-c1cc(Cl)nc(NS(=O)(=O)c2cccc(C(=O)O)c2)n1. The minimum atomic E-state index is -4.18. The van der Waals surface area contributed by atoms with Crippen LogP contribution in [0.1, 0.15) is 21.5 Å². The number of rotatable bonds is 8. The van der Waals surface area contributed by atoms with Gasteiger partial charge in [-0.15, -0.1) is 0 Å². The number of sulfonamides is 1. The Balaban J connectivity index is 1.67. The lowest BCUT2D eigenvalue weighted by molar-refractivity contribution is 0.0696. The van der Waals surface area contributed by atoms with Crippen LogP contribution in [0.5, 0.6) is 5.75 Å². The Hall–Kier alpha value is -3.95. The fourth-order valence-electron chi connectivity index (χ4n) is 3.39. The maximum atomic E-state index is 12.9. The molecule has 0 aliphatic rings. The molecule has 0 fully saturated rings. The number of carboxylic acid groups (broad SMARTS) is 1. The number of aryl methyl sites for hydroxylation is 1. The van der Waals surface area contributed by atoms with Crippen molar-refractivity contribution in [2.45, 2.75) is 18.4 Å². The van der Waals surface area contributed by atoms with Gasteiger partial charge < -0.3 is 9.84 Å². The summed E-state index contributed by atoms with van der Waals surface area (Å²) in [5.41, 5.74) is 2.66. The smallest absolute Gasteiger partial charge is 0.335 e. The lowest BCUT2D eigenvalue weighted by Gasteiger charge is -2.15. The van der Waals surface area contributed by atoms with Gasteiger partial charge in [-0.25, -0.2) is 27.9 Å². The minimum Gasteiger partial charge on any atom is -0.488 e. The molecular formula is C25H20ClN3O5S. The summed E-state index contributed by atoms with van der Waals surface area (Å²) >= 11 is 6.21. The normalized spacial score (nSPS) is 11.1. The van der Waals surface area contributed by atoms with E-state index in [1.54, 1.807) is 6.07 Å². The number of aromatic carboxylic acids is 1. The lowest BCUT2D eigenvalue weighted by Crippen LogP contribution is -2.16. The van der Waals surface area contributed by atoms with Gasteiger partial charge in [-0.1, -0.05) is 60.1 Å². The first-order valence-corrected chi connectivity index (χ1v) is 12.3. The Morgan fingerprint density at radius 3 is 2.49 bits per heavy atom. The molecule has 10 heteroatoms. The first kappa shape index (κ1) is 24.2. The summed E-state index contributed by atoms with van der Waals surface area (Å²) in [7, 11) is -4.18. The van der Waals surface area contributed by atoms with Gasteiger partial charge in [-0.05, 0) is 42.3 Å². The van der Waals surface area contributed by atoms with Crippen molar-refractivity contribution < 1.29 is 23.1 Å². The van der Waals surface area contributed by atoms with E-state index in [1.807, 2.05) is 49.4 Å². The van der Waals surface area contributed by atoms with Crippen molar-refractivity contribution in [2.24, 2.45) is 0 Å². The van der Waals surface area contributed by atoms with E-state index < -0.39 is 16.0 Å². The van der Waals surface area contributed by atoms with Crippen molar-refractivity contribution in [1.29, 1.82) is 0 Å². The van der Waals surface area contributed by atoms with E-state index >= 15 is 0 Å². The standard InChI is InChI=1S/C25H20ClN3O5S/c1-16-7-5-12-21(34-15-17-8-3-2-4-9-17)23(16)20-14-22(26)28-25(27-20)29-35(32,33)19-11-6-10-18(13-19)24(30)31/h2-14H,15H2,1H3,(H,30,31)(H,27,28,29). The third-order valence-corrected chi connectivity index (χ3v) is 6.56. The van der Waals surface area contributed by atoms with Crippen LogP contribution in [0.15, 0.2) is 83.8 Å². The van der Waals surface area contributed by atoms with Crippen LogP contribution in [0.2, 0.25) is 5.15 Å². The molecule has 35 heavy (non-hydrogen) atoms. The van der Waals surface area contributed by atoms with E-state index in [-0.39, 0.29) is 21.6 Å². The Kier molecular flexibility index (Phi) is 6.99. The molecule has 0 amide bonds. The van der Waals surface area contributed by atoms with Crippen molar-refractivity contribution in [2.75, 3.05) is 4.72 Å². The van der Waals surface area contributed by atoms with Crippen molar-refractivity contribution in [1.82, 2.24) is 9.97 Å². The third kappa shape index (κ3) is 5.76. The van der Waals surface area contributed by atoms with Gasteiger partial charge in [0, 0.05) is 11.6 Å².